The maximum Gasteiger partial charge on any atom is 0.257 e. The molecule has 0 saturated heterocycles. The number of benzene rings is 1. The Morgan fingerprint density at radius 2 is 1.79 bits per heavy atom. The summed E-state index contributed by atoms with van der Waals surface area (Å²) in [5.74, 6) is 2.27. The highest BCUT2D eigenvalue weighted by Gasteiger charge is 2.52. The predicted octanol–water partition coefficient (Wildman–Crippen LogP) is 4.23. The number of hydrogen-bond donors (Lipinski definition) is 2. The summed E-state index contributed by atoms with van der Waals surface area (Å²) in [5, 5.41) is 5.63. The zero-order valence-corrected chi connectivity index (χ0v) is 18.0. The lowest BCUT2D eigenvalue weighted by Crippen LogP contribution is -2.48. The number of nitrogens with one attached hydrogen (secondary N) is 2. The summed E-state index contributed by atoms with van der Waals surface area (Å²) < 4.78 is 25.2. The highest BCUT2D eigenvalue weighted by molar-refractivity contribution is 7.92. The van der Waals surface area contributed by atoms with Crippen molar-refractivity contribution >= 4 is 38.1 Å². The van der Waals surface area contributed by atoms with Crippen molar-refractivity contribution in [2.75, 3.05) is 16.3 Å². The second-order valence-electron chi connectivity index (χ2n) is 9.14. The first-order valence-electron chi connectivity index (χ1n) is 10.1. The first-order valence-corrected chi connectivity index (χ1v) is 12.9. The Bertz CT molecular complexity index is 1030. The van der Waals surface area contributed by atoms with E-state index in [9.17, 15) is 13.2 Å². The minimum Gasteiger partial charge on any atom is -0.298 e. The summed E-state index contributed by atoms with van der Waals surface area (Å²) in [4.78, 5) is 17.5. The normalized spacial score (nSPS) is 30.3. The van der Waals surface area contributed by atoms with Gasteiger partial charge in [0.15, 0.2) is 5.13 Å². The third-order valence-corrected chi connectivity index (χ3v) is 8.10. The summed E-state index contributed by atoms with van der Waals surface area (Å²) >= 11 is 1.48. The number of aromatic nitrogens is 1. The summed E-state index contributed by atoms with van der Waals surface area (Å²) in [6.07, 6.45) is 9.00. The molecule has 2 N–H and O–H groups in total. The van der Waals surface area contributed by atoms with Gasteiger partial charge in [-0.25, -0.2) is 13.4 Å². The van der Waals surface area contributed by atoms with Crippen LogP contribution in [0.2, 0.25) is 0 Å². The second kappa shape index (κ2) is 6.80. The molecule has 0 atom stereocenters. The van der Waals surface area contributed by atoms with Crippen LogP contribution in [0.15, 0.2) is 29.6 Å². The Morgan fingerprint density at radius 3 is 2.41 bits per heavy atom. The van der Waals surface area contributed by atoms with E-state index in [4.69, 9.17) is 4.98 Å². The van der Waals surface area contributed by atoms with Crippen LogP contribution in [-0.2, 0) is 15.4 Å². The largest absolute Gasteiger partial charge is 0.298 e. The Labute approximate surface area is 175 Å². The Morgan fingerprint density at radius 1 is 1.14 bits per heavy atom. The quantitative estimate of drug-likeness (QED) is 0.741. The van der Waals surface area contributed by atoms with Crippen molar-refractivity contribution in [2.24, 2.45) is 17.8 Å². The molecular weight excluding hydrogens is 406 g/mol. The third kappa shape index (κ3) is 3.80. The summed E-state index contributed by atoms with van der Waals surface area (Å²) in [6, 6.07) is 6.47. The van der Waals surface area contributed by atoms with Crippen LogP contribution in [0.3, 0.4) is 0 Å². The van der Waals surface area contributed by atoms with Gasteiger partial charge in [0.2, 0.25) is 10.0 Å². The zero-order chi connectivity index (χ0) is 20.2. The number of anilines is 2. The molecule has 1 aromatic heterocycles. The number of hydrogen-bond acceptors (Lipinski definition) is 5. The van der Waals surface area contributed by atoms with Gasteiger partial charge in [-0.3, -0.25) is 14.8 Å². The van der Waals surface area contributed by atoms with Crippen LogP contribution in [0.4, 0.5) is 10.8 Å². The Kier molecular flexibility index (Phi) is 4.47. The fraction of sp³-hybridized carbons (Fsp3) is 0.524. The lowest BCUT2D eigenvalue weighted by atomic mass is 9.49. The predicted molar refractivity (Wildman–Crippen MR) is 115 cm³/mol. The second-order valence-corrected chi connectivity index (χ2v) is 11.8. The third-order valence-electron chi connectivity index (χ3n) is 6.73. The van der Waals surface area contributed by atoms with E-state index in [1.165, 1.54) is 55.9 Å². The number of carbonyl (C=O) groups is 1. The van der Waals surface area contributed by atoms with E-state index in [1.54, 1.807) is 18.2 Å². The van der Waals surface area contributed by atoms with Crippen LogP contribution in [0.5, 0.6) is 0 Å². The smallest absolute Gasteiger partial charge is 0.257 e. The van der Waals surface area contributed by atoms with Gasteiger partial charge in [-0.15, -0.1) is 11.3 Å². The van der Waals surface area contributed by atoms with Crippen LogP contribution in [-0.4, -0.2) is 25.6 Å². The molecule has 0 unspecified atom stereocenters. The molecule has 0 aliphatic heterocycles. The number of sulfonamides is 1. The maximum atomic E-state index is 12.7. The molecule has 8 heteroatoms. The molecule has 0 radical (unpaired) electrons. The van der Waals surface area contributed by atoms with E-state index in [0.29, 0.717) is 16.4 Å². The van der Waals surface area contributed by atoms with Gasteiger partial charge in [-0.1, -0.05) is 6.07 Å². The highest BCUT2D eigenvalue weighted by atomic mass is 32.2. The van der Waals surface area contributed by atoms with Crippen LogP contribution < -0.4 is 10.0 Å². The van der Waals surface area contributed by atoms with Gasteiger partial charge in [0.25, 0.3) is 5.91 Å². The average molecular weight is 432 g/mol. The van der Waals surface area contributed by atoms with Crippen LogP contribution in [0.1, 0.15) is 54.6 Å². The molecule has 1 amide bonds. The molecule has 29 heavy (non-hydrogen) atoms. The van der Waals surface area contributed by atoms with Crippen molar-refractivity contribution in [3.63, 3.8) is 0 Å². The molecule has 154 valence electrons. The van der Waals surface area contributed by atoms with Crippen molar-refractivity contribution in [2.45, 2.75) is 43.9 Å². The molecule has 6 rings (SSSR count). The van der Waals surface area contributed by atoms with E-state index in [-0.39, 0.29) is 11.3 Å². The molecule has 4 fully saturated rings. The summed E-state index contributed by atoms with van der Waals surface area (Å²) in [5.41, 5.74) is 2.14. The first-order chi connectivity index (χ1) is 13.8. The molecule has 4 aliphatic rings. The van der Waals surface area contributed by atoms with Gasteiger partial charge < -0.3 is 0 Å². The Hall–Kier alpha value is -1.93. The number of amides is 1. The van der Waals surface area contributed by atoms with Gasteiger partial charge in [0.05, 0.1) is 11.9 Å². The molecule has 4 bridgehead atoms. The zero-order valence-electron chi connectivity index (χ0n) is 16.3. The van der Waals surface area contributed by atoms with Crippen molar-refractivity contribution in [1.82, 2.24) is 4.98 Å². The van der Waals surface area contributed by atoms with Crippen LogP contribution in [0.25, 0.3) is 0 Å². The fourth-order valence-electron chi connectivity index (χ4n) is 6.11. The number of nitrogens with zero attached hydrogens (tertiary/aromatic N) is 1. The van der Waals surface area contributed by atoms with Gasteiger partial charge in [-0.2, -0.15) is 0 Å². The highest BCUT2D eigenvalue weighted by Crippen LogP contribution is 2.60. The van der Waals surface area contributed by atoms with Crippen LogP contribution >= 0.6 is 11.3 Å². The topological polar surface area (TPSA) is 88.2 Å². The monoisotopic (exact) mass is 431 g/mol. The molecule has 1 heterocycles. The van der Waals surface area contributed by atoms with Gasteiger partial charge in [0, 0.05) is 22.0 Å². The lowest BCUT2D eigenvalue weighted by Gasteiger charge is -2.56. The molecule has 4 aliphatic carbocycles. The van der Waals surface area contributed by atoms with Crippen molar-refractivity contribution in [3.05, 3.63) is 40.9 Å². The minimum atomic E-state index is -3.39. The van der Waals surface area contributed by atoms with Crippen LogP contribution in [0, 0.1) is 17.8 Å². The SMILES string of the molecule is CS(=O)(=O)Nc1cccc(C(=O)Nc2nc(C34CC5CC(CC(C5)C3)C4)cs2)c1. The summed E-state index contributed by atoms with van der Waals surface area (Å²) in [6.45, 7) is 0. The van der Waals surface area contributed by atoms with E-state index in [1.807, 2.05) is 0 Å². The van der Waals surface area contributed by atoms with Gasteiger partial charge in [0.1, 0.15) is 0 Å². The maximum absolute atomic E-state index is 12.7. The van der Waals surface area contributed by atoms with Gasteiger partial charge >= 0.3 is 0 Å². The summed E-state index contributed by atoms with van der Waals surface area (Å²) in [7, 11) is -3.39. The minimum absolute atomic E-state index is 0.216. The first kappa shape index (κ1) is 19.1. The standard InChI is InChI=1S/C21H25N3O3S2/c1-29(26,27)24-17-4-2-3-16(8-17)19(25)23-20-22-18(12-28-20)21-9-13-5-14(10-21)7-15(6-13)11-21/h2-4,8,12-15,24H,5-7,9-11H2,1H3,(H,22,23,25). The van der Waals surface area contributed by atoms with Crippen molar-refractivity contribution in [1.29, 1.82) is 0 Å². The van der Waals surface area contributed by atoms with E-state index >= 15 is 0 Å². The lowest BCUT2D eigenvalue weighted by molar-refractivity contribution is -0.00688. The fourth-order valence-corrected chi connectivity index (χ4v) is 7.49. The number of thiazole rings is 1. The van der Waals surface area contributed by atoms with E-state index in [0.717, 1.165) is 29.7 Å². The number of carbonyl (C=O) groups excluding carboxylic acids is 1. The molecule has 2 aromatic rings. The number of rotatable bonds is 5. The molecule has 4 saturated carbocycles. The van der Waals surface area contributed by atoms with E-state index < -0.39 is 10.0 Å². The van der Waals surface area contributed by atoms with Crippen molar-refractivity contribution < 1.29 is 13.2 Å². The molecule has 0 spiro atoms. The van der Waals surface area contributed by atoms with Crippen molar-refractivity contribution in [3.8, 4) is 0 Å². The average Bonchev–Trinajstić information content (AvgIpc) is 3.09. The molecular formula is C21H25N3O3S2. The Balaban J connectivity index is 1.32. The van der Waals surface area contributed by atoms with E-state index in [2.05, 4.69) is 15.4 Å². The molecule has 6 nitrogen and oxygen atoms in total. The molecule has 1 aromatic carbocycles. The van der Waals surface area contributed by atoms with Gasteiger partial charge in [-0.05, 0) is 74.5 Å².